The van der Waals surface area contributed by atoms with Gasteiger partial charge in [-0.25, -0.2) is 14.3 Å². The third-order valence-electron chi connectivity index (χ3n) is 3.71. The minimum Gasteiger partial charge on any atom is -0.454 e. The lowest BCUT2D eigenvalue weighted by molar-refractivity contribution is 0.436. The first-order valence-corrected chi connectivity index (χ1v) is 8.44. The second-order valence-corrected chi connectivity index (χ2v) is 6.46. The van der Waals surface area contributed by atoms with Crippen LogP contribution >= 0.6 is 15.9 Å². The zero-order chi connectivity index (χ0) is 18.7. The lowest BCUT2D eigenvalue weighted by Crippen LogP contribution is -2.13. The van der Waals surface area contributed by atoms with Gasteiger partial charge in [0, 0.05) is 12.0 Å². The van der Waals surface area contributed by atoms with Crippen LogP contribution in [0.3, 0.4) is 0 Å². The van der Waals surface area contributed by atoms with Gasteiger partial charge in [0.1, 0.15) is 5.75 Å². The Labute approximate surface area is 157 Å². The highest BCUT2D eigenvalue weighted by atomic mass is 79.9. The molecule has 0 fully saturated rings. The average Bonchev–Trinajstić information content (AvgIpc) is 2.64. The zero-order valence-corrected chi connectivity index (χ0v) is 15.3. The third-order valence-corrected chi connectivity index (χ3v) is 4.33. The van der Waals surface area contributed by atoms with E-state index in [0.717, 1.165) is 0 Å². The zero-order valence-electron chi connectivity index (χ0n) is 13.7. The molecule has 0 atom stereocenters. The summed E-state index contributed by atoms with van der Waals surface area (Å²) in [5.74, 6) is -0.128. The molecule has 26 heavy (non-hydrogen) atoms. The Morgan fingerprint density at radius 3 is 2.85 bits per heavy atom. The SMILES string of the molecule is [C-]#[N+]c1cccc(Oc2c(Br)ccc(Cc3cc(C)c(=O)[nH]n3)c2F)c1. The number of hydrogen-bond acceptors (Lipinski definition) is 3. The van der Waals surface area contributed by atoms with Gasteiger partial charge in [-0.1, -0.05) is 18.2 Å². The molecule has 0 saturated carbocycles. The van der Waals surface area contributed by atoms with E-state index in [2.05, 4.69) is 31.0 Å². The monoisotopic (exact) mass is 413 g/mol. The van der Waals surface area contributed by atoms with Gasteiger partial charge in [0.15, 0.2) is 17.3 Å². The van der Waals surface area contributed by atoms with Crippen molar-refractivity contribution in [2.75, 3.05) is 0 Å². The lowest BCUT2D eigenvalue weighted by Gasteiger charge is -2.12. The summed E-state index contributed by atoms with van der Waals surface area (Å²) >= 11 is 3.29. The van der Waals surface area contributed by atoms with E-state index in [1.807, 2.05) is 0 Å². The molecule has 0 amide bonds. The minimum atomic E-state index is -0.529. The number of benzene rings is 2. The van der Waals surface area contributed by atoms with Crippen LogP contribution in [0.1, 0.15) is 16.8 Å². The van der Waals surface area contributed by atoms with Crippen molar-refractivity contribution in [2.45, 2.75) is 13.3 Å². The molecule has 0 aliphatic heterocycles. The highest BCUT2D eigenvalue weighted by Gasteiger charge is 2.16. The number of aromatic amines is 1. The largest absolute Gasteiger partial charge is 0.454 e. The van der Waals surface area contributed by atoms with Crippen molar-refractivity contribution in [1.82, 2.24) is 10.2 Å². The van der Waals surface area contributed by atoms with Gasteiger partial charge in [-0.3, -0.25) is 4.79 Å². The molecule has 0 unspecified atom stereocenters. The van der Waals surface area contributed by atoms with E-state index in [4.69, 9.17) is 11.3 Å². The molecule has 1 N–H and O–H groups in total. The van der Waals surface area contributed by atoms with Crippen LogP contribution < -0.4 is 10.3 Å². The van der Waals surface area contributed by atoms with Crippen LogP contribution in [0, 0.1) is 19.3 Å². The maximum absolute atomic E-state index is 15.0. The summed E-state index contributed by atoms with van der Waals surface area (Å²) in [5.41, 5.74) is 1.57. The highest BCUT2D eigenvalue weighted by Crippen LogP contribution is 2.35. The highest BCUT2D eigenvalue weighted by molar-refractivity contribution is 9.10. The first-order chi connectivity index (χ1) is 12.5. The molecule has 0 spiro atoms. The summed E-state index contributed by atoms with van der Waals surface area (Å²) in [7, 11) is 0. The molecule has 3 rings (SSSR count). The van der Waals surface area contributed by atoms with E-state index in [1.165, 1.54) is 0 Å². The predicted octanol–water partition coefficient (Wildman–Crippen LogP) is 4.91. The second kappa shape index (κ2) is 7.50. The fourth-order valence-corrected chi connectivity index (χ4v) is 2.77. The standard InChI is InChI=1S/C19H13BrFN3O2/c1-11-8-14(23-24-19(11)25)9-12-6-7-16(20)18(17(12)21)26-15-5-3-4-13(10-15)22-2/h3-8,10H,9H2,1H3,(H,24,25). The van der Waals surface area contributed by atoms with Gasteiger partial charge in [-0.15, -0.1) is 0 Å². The number of nitrogens with one attached hydrogen (secondary N) is 1. The van der Waals surface area contributed by atoms with E-state index in [9.17, 15) is 9.18 Å². The maximum Gasteiger partial charge on any atom is 0.267 e. The number of ether oxygens (including phenoxy) is 1. The van der Waals surface area contributed by atoms with Crippen LogP contribution in [0.2, 0.25) is 0 Å². The van der Waals surface area contributed by atoms with Gasteiger partial charge in [-0.2, -0.15) is 5.10 Å². The summed E-state index contributed by atoms with van der Waals surface area (Å²) < 4.78 is 21.1. The van der Waals surface area contributed by atoms with E-state index in [-0.39, 0.29) is 17.7 Å². The van der Waals surface area contributed by atoms with E-state index in [0.29, 0.717) is 32.7 Å². The molecule has 0 aliphatic rings. The molecule has 3 aromatic rings. The molecule has 1 aromatic heterocycles. The normalized spacial score (nSPS) is 10.4. The maximum atomic E-state index is 15.0. The van der Waals surface area contributed by atoms with Crippen molar-refractivity contribution in [3.05, 3.63) is 91.3 Å². The van der Waals surface area contributed by atoms with Crippen LogP contribution in [0.5, 0.6) is 11.5 Å². The fraction of sp³-hybridized carbons (Fsp3) is 0.105. The number of aryl methyl sites for hydroxylation is 1. The van der Waals surface area contributed by atoms with Crippen LogP contribution in [0.25, 0.3) is 4.85 Å². The molecule has 0 radical (unpaired) electrons. The van der Waals surface area contributed by atoms with Crippen LogP contribution in [0.15, 0.2) is 51.7 Å². The summed E-state index contributed by atoms with van der Waals surface area (Å²) in [5, 5.41) is 6.33. The smallest absolute Gasteiger partial charge is 0.267 e. The number of H-pyrrole nitrogens is 1. The minimum absolute atomic E-state index is 0.0331. The summed E-state index contributed by atoms with van der Waals surface area (Å²) in [4.78, 5) is 14.7. The van der Waals surface area contributed by atoms with E-state index < -0.39 is 5.82 Å². The predicted molar refractivity (Wildman–Crippen MR) is 99.3 cm³/mol. The molecule has 0 bridgehead atoms. The summed E-state index contributed by atoms with van der Waals surface area (Å²) in [6.45, 7) is 8.72. The average molecular weight is 414 g/mol. The Morgan fingerprint density at radius 2 is 2.12 bits per heavy atom. The van der Waals surface area contributed by atoms with Crippen molar-refractivity contribution >= 4 is 21.6 Å². The van der Waals surface area contributed by atoms with Gasteiger partial charge in [-0.05, 0) is 52.7 Å². The summed E-state index contributed by atoms with van der Waals surface area (Å²) in [6, 6.07) is 11.4. The van der Waals surface area contributed by atoms with Crippen molar-refractivity contribution < 1.29 is 9.13 Å². The van der Waals surface area contributed by atoms with Gasteiger partial charge in [0.05, 0.1) is 16.7 Å². The molecule has 0 aliphatic carbocycles. The first-order valence-electron chi connectivity index (χ1n) is 7.65. The van der Waals surface area contributed by atoms with Crippen molar-refractivity contribution in [3.8, 4) is 11.5 Å². The van der Waals surface area contributed by atoms with E-state index >= 15 is 0 Å². The van der Waals surface area contributed by atoms with Crippen molar-refractivity contribution in [2.24, 2.45) is 0 Å². The Balaban J connectivity index is 1.94. The number of halogens is 2. The first kappa shape index (κ1) is 17.8. The Hall–Kier alpha value is -2.98. The molecule has 130 valence electrons. The fourth-order valence-electron chi connectivity index (χ4n) is 2.38. The molecular formula is C19H13BrFN3O2. The summed E-state index contributed by atoms with van der Waals surface area (Å²) in [6.07, 6.45) is 0.204. The van der Waals surface area contributed by atoms with Gasteiger partial charge >= 0.3 is 0 Å². The van der Waals surface area contributed by atoms with Gasteiger partial charge in [0.2, 0.25) is 0 Å². The molecule has 7 heteroatoms. The topological polar surface area (TPSA) is 59.3 Å². The Morgan fingerprint density at radius 1 is 1.31 bits per heavy atom. The Bertz CT molecular complexity index is 1070. The second-order valence-electron chi connectivity index (χ2n) is 5.61. The molecular weight excluding hydrogens is 401 g/mol. The Kier molecular flexibility index (Phi) is 5.14. The number of rotatable bonds is 4. The number of hydrogen-bond donors (Lipinski definition) is 1. The molecule has 2 aromatic carbocycles. The van der Waals surface area contributed by atoms with E-state index in [1.54, 1.807) is 49.4 Å². The van der Waals surface area contributed by atoms with Crippen molar-refractivity contribution in [1.29, 1.82) is 0 Å². The van der Waals surface area contributed by atoms with Gasteiger partial charge < -0.3 is 4.74 Å². The van der Waals surface area contributed by atoms with Crippen LogP contribution in [0.4, 0.5) is 10.1 Å². The molecule has 0 saturated heterocycles. The lowest BCUT2D eigenvalue weighted by atomic mass is 10.1. The number of aromatic nitrogens is 2. The van der Waals surface area contributed by atoms with Crippen molar-refractivity contribution in [3.63, 3.8) is 0 Å². The van der Waals surface area contributed by atoms with Gasteiger partial charge in [0.25, 0.3) is 5.56 Å². The number of nitrogens with zero attached hydrogens (tertiary/aromatic N) is 2. The quantitative estimate of drug-likeness (QED) is 0.617. The third kappa shape index (κ3) is 3.81. The molecule has 5 nitrogen and oxygen atoms in total. The van der Waals surface area contributed by atoms with Crippen LogP contribution in [-0.4, -0.2) is 10.2 Å². The van der Waals surface area contributed by atoms with Crippen LogP contribution in [-0.2, 0) is 6.42 Å². The molecule has 1 heterocycles.